The van der Waals surface area contributed by atoms with Gasteiger partial charge in [-0.05, 0) is 77.0 Å². The molecule has 1 atom stereocenters. The van der Waals surface area contributed by atoms with Gasteiger partial charge in [-0.1, -0.05) is 353 Å². The zero-order valence-corrected chi connectivity index (χ0v) is 55.5. The standard InChI is InChI=1S/C76H142O6/c1-4-7-10-13-16-19-22-25-28-30-31-32-33-34-35-36-37-38-39-40-41-42-43-44-45-46-47-49-51-54-57-60-63-66-69-75(78)81-72-73(71-80-74(77)68-65-62-59-56-53-50-27-24-21-18-15-12-9-6-3)82-76(79)70-67-64-61-58-55-52-48-29-26-23-20-17-14-11-8-5-2/h20,23-24,27,29,48,73H,4-19,21-22,25-26,28,30-47,49-72H2,1-3H3/b23-20-,27-24-,48-29-. The van der Waals surface area contributed by atoms with Crippen molar-refractivity contribution in [2.75, 3.05) is 13.2 Å². The highest BCUT2D eigenvalue weighted by Gasteiger charge is 2.19. The van der Waals surface area contributed by atoms with Crippen molar-refractivity contribution in [2.45, 2.75) is 419 Å². The number of unbranched alkanes of at least 4 members (excludes halogenated alkanes) is 52. The third kappa shape index (κ3) is 68.4. The van der Waals surface area contributed by atoms with Crippen LogP contribution >= 0.6 is 0 Å². The van der Waals surface area contributed by atoms with Crippen LogP contribution in [-0.2, 0) is 28.6 Å². The maximum absolute atomic E-state index is 12.9. The quantitative estimate of drug-likeness (QED) is 0.0261. The summed E-state index contributed by atoms with van der Waals surface area (Å²) >= 11 is 0. The average Bonchev–Trinajstić information content (AvgIpc) is 3.47. The zero-order chi connectivity index (χ0) is 59.2. The molecule has 0 spiro atoms. The van der Waals surface area contributed by atoms with E-state index in [0.717, 1.165) is 89.9 Å². The number of ether oxygens (including phenoxy) is 3. The lowest BCUT2D eigenvalue weighted by atomic mass is 10.0. The minimum atomic E-state index is -0.782. The van der Waals surface area contributed by atoms with Gasteiger partial charge >= 0.3 is 17.9 Å². The number of carbonyl (C=O) groups excluding carboxylic acids is 3. The molecule has 0 bridgehead atoms. The highest BCUT2D eigenvalue weighted by atomic mass is 16.6. The SMILES string of the molecule is CCCCCC/C=C\C/C=C\CCCCCCCC(=O)OC(COC(=O)CCCCCCC/C=C\CCCCCCC)COC(=O)CCCCCCCCCCCCCCCCCCCCCCCCCCCCCCCCCCCC. The van der Waals surface area contributed by atoms with Crippen LogP contribution < -0.4 is 0 Å². The number of hydrogen-bond donors (Lipinski definition) is 0. The topological polar surface area (TPSA) is 78.9 Å². The molecule has 482 valence electrons. The Kier molecular flexibility index (Phi) is 69.1. The Morgan fingerprint density at radius 3 is 0.695 bits per heavy atom. The second kappa shape index (κ2) is 71.1. The highest BCUT2D eigenvalue weighted by molar-refractivity contribution is 5.71. The number of rotatable bonds is 69. The van der Waals surface area contributed by atoms with Crippen molar-refractivity contribution in [2.24, 2.45) is 0 Å². The van der Waals surface area contributed by atoms with E-state index in [1.807, 2.05) is 0 Å². The molecule has 6 nitrogen and oxygen atoms in total. The van der Waals surface area contributed by atoms with Gasteiger partial charge in [0, 0.05) is 19.3 Å². The first kappa shape index (κ1) is 79.6. The predicted octanol–water partition coefficient (Wildman–Crippen LogP) is 25.5. The normalized spacial score (nSPS) is 12.2. The molecular formula is C76H142O6. The molecule has 82 heavy (non-hydrogen) atoms. The van der Waals surface area contributed by atoms with Crippen LogP contribution in [0, 0.1) is 0 Å². The molecule has 0 aromatic heterocycles. The summed E-state index contributed by atoms with van der Waals surface area (Å²) in [5, 5.41) is 0. The van der Waals surface area contributed by atoms with E-state index >= 15 is 0 Å². The molecule has 0 rings (SSSR count). The largest absolute Gasteiger partial charge is 0.462 e. The molecule has 0 aliphatic heterocycles. The van der Waals surface area contributed by atoms with Crippen LogP contribution in [0.1, 0.15) is 412 Å². The van der Waals surface area contributed by atoms with Gasteiger partial charge in [0.15, 0.2) is 6.10 Å². The molecule has 0 aliphatic rings. The number of hydrogen-bond acceptors (Lipinski definition) is 6. The molecule has 0 amide bonds. The molecule has 0 aromatic carbocycles. The molecule has 0 aliphatic carbocycles. The fraction of sp³-hybridized carbons (Fsp3) is 0.882. The Bertz CT molecular complexity index is 1370. The zero-order valence-electron chi connectivity index (χ0n) is 55.5. The fourth-order valence-corrected chi connectivity index (χ4v) is 11.3. The lowest BCUT2D eigenvalue weighted by Gasteiger charge is -2.18. The molecule has 0 N–H and O–H groups in total. The highest BCUT2D eigenvalue weighted by Crippen LogP contribution is 2.19. The third-order valence-corrected chi connectivity index (χ3v) is 16.9. The van der Waals surface area contributed by atoms with E-state index in [0.29, 0.717) is 19.3 Å². The summed E-state index contributed by atoms with van der Waals surface area (Å²) in [6.07, 6.45) is 89.2. The van der Waals surface area contributed by atoms with Crippen molar-refractivity contribution in [3.8, 4) is 0 Å². The van der Waals surface area contributed by atoms with Crippen LogP contribution in [0.3, 0.4) is 0 Å². The lowest BCUT2D eigenvalue weighted by molar-refractivity contribution is -0.167. The van der Waals surface area contributed by atoms with Crippen molar-refractivity contribution in [1.29, 1.82) is 0 Å². The Hall–Kier alpha value is -2.37. The predicted molar refractivity (Wildman–Crippen MR) is 358 cm³/mol. The summed E-state index contributed by atoms with van der Waals surface area (Å²) in [4.78, 5) is 38.4. The first-order chi connectivity index (χ1) is 40.5. The van der Waals surface area contributed by atoms with Crippen LogP contribution in [-0.4, -0.2) is 37.2 Å². The molecule has 1 unspecified atom stereocenters. The van der Waals surface area contributed by atoms with Crippen molar-refractivity contribution in [3.63, 3.8) is 0 Å². The minimum Gasteiger partial charge on any atom is -0.462 e. The van der Waals surface area contributed by atoms with Crippen molar-refractivity contribution in [3.05, 3.63) is 36.5 Å². The summed E-state index contributed by atoms with van der Waals surface area (Å²) in [6.45, 7) is 6.66. The Balaban J connectivity index is 4.09. The maximum atomic E-state index is 12.9. The van der Waals surface area contributed by atoms with Gasteiger partial charge in [-0.15, -0.1) is 0 Å². The van der Waals surface area contributed by atoms with Gasteiger partial charge in [0.1, 0.15) is 13.2 Å². The van der Waals surface area contributed by atoms with Crippen LogP contribution in [0.25, 0.3) is 0 Å². The van der Waals surface area contributed by atoms with Crippen LogP contribution in [0.5, 0.6) is 0 Å². The Morgan fingerprint density at radius 1 is 0.244 bits per heavy atom. The van der Waals surface area contributed by atoms with E-state index < -0.39 is 6.10 Å². The smallest absolute Gasteiger partial charge is 0.306 e. The van der Waals surface area contributed by atoms with E-state index in [4.69, 9.17) is 14.2 Å². The molecule has 0 saturated heterocycles. The average molecular weight is 1150 g/mol. The summed E-state index contributed by atoms with van der Waals surface area (Å²) in [5.74, 6) is -0.873. The third-order valence-electron chi connectivity index (χ3n) is 16.9. The summed E-state index contributed by atoms with van der Waals surface area (Å²) < 4.78 is 17.0. The van der Waals surface area contributed by atoms with Crippen LogP contribution in [0.15, 0.2) is 36.5 Å². The van der Waals surface area contributed by atoms with E-state index in [2.05, 4.69) is 57.2 Å². The van der Waals surface area contributed by atoms with Gasteiger partial charge in [0.2, 0.25) is 0 Å². The number of carbonyl (C=O) groups is 3. The van der Waals surface area contributed by atoms with Gasteiger partial charge in [0.05, 0.1) is 0 Å². The second-order valence-corrected chi connectivity index (χ2v) is 25.2. The van der Waals surface area contributed by atoms with Crippen LogP contribution in [0.4, 0.5) is 0 Å². The van der Waals surface area contributed by atoms with Gasteiger partial charge in [-0.2, -0.15) is 0 Å². The van der Waals surface area contributed by atoms with Gasteiger partial charge in [-0.25, -0.2) is 0 Å². The molecule has 0 fully saturated rings. The van der Waals surface area contributed by atoms with Crippen molar-refractivity contribution in [1.82, 2.24) is 0 Å². The van der Waals surface area contributed by atoms with Gasteiger partial charge in [0.25, 0.3) is 0 Å². The van der Waals surface area contributed by atoms with E-state index in [9.17, 15) is 14.4 Å². The molecule has 0 saturated carbocycles. The Morgan fingerprint density at radius 2 is 0.439 bits per heavy atom. The van der Waals surface area contributed by atoms with Gasteiger partial charge < -0.3 is 14.2 Å². The molecule has 6 heteroatoms. The van der Waals surface area contributed by atoms with E-state index in [1.165, 1.54) is 283 Å². The van der Waals surface area contributed by atoms with E-state index in [-0.39, 0.29) is 31.1 Å². The first-order valence-corrected chi connectivity index (χ1v) is 37.0. The molecule has 0 radical (unpaired) electrons. The summed E-state index contributed by atoms with van der Waals surface area (Å²) in [6, 6.07) is 0. The maximum Gasteiger partial charge on any atom is 0.306 e. The minimum absolute atomic E-state index is 0.0763. The van der Waals surface area contributed by atoms with Crippen LogP contribution in [0.2, 0.25) is 0 Å². The monoisotopic (exact) mass is 1150 g/mol. The Labute approximate surface area is 512 Å². The summed E-state index contributed by atoms with van der Waals surface area (Å²) in [5.41, 5.74) is 0. The lowest BCUT2D eigenvalue weighted by Crippen LogP contribution is -2.30. The van der Waals surface area contributed by atoms with Crippen molar-refractivity contribution < 1.29 is 28.6 Å². The number of allylic oxidation sites excluding steroid dienone is 6. The summed E-state index contributed by atoms with van der Waals surface area (Å²) in [7, 11) is 0. The first-order valence-electron chi connectivity index (χ1n) is 37.0. The van der Waals surface area contributed by atoms with Crippen molar-refractivity contribution >= 4 is 17.9 Å². The molecule has 0 heterocycles. The fourth-order valence-electron chi connectivity index (χ4n) is 11.3. The molecular weight excluding hydrogens is 1010 g/mol. The molecule has 0 aromatic rings. The number of esters is 3. The second-order valence-electron chi connectivity index (χ2n) is 25.2. The van der Waals surface area contributed by atoms with Gasteiger partial charge in [-0.3, -0.25) is 14.4 Å². The van der Waals surface area contributed by atoms with E-state index in [1.54, 1.807) is 0 Å².